The quantitative estimate of drug-likeness (QED) is 0.759. The molecule has 162 valence electrons. The van der Waals surface area contributed by atoms with Crippen LogP contribution in [0, 0.1) is 13.8 Å². The summed E-state index contributed by atoms with van der Waals surface area (Å²) in [6, 6.07) is 10.1. The van der Waals surface area contributed by atoms with Gasteiger partial charge in [-0.1, -0.05) is 29.8 Å². The summed E-state index contributed by atoms with van der Waals surface area (Å²) >= 11 is 6.25. The van der Waals surface area contributed by atoms with Crippen molar-refractivity contribution >= 4 is 27.5 Å². The van der Waals surface area contributed by atoms with E-state index >= 15 is 0 Å². The molecule has 0 aliphatic carbocycles. The molecule has 1 heterocycles. The van der Waals surface area contributed by atoms with E-state index in [-0.39, 0.29) is 21.5 Å². The number of hydrogen-bond acceptors (Lipinski definition) is 4. The molecule has 0 saturated carbocycles. The first-order chi connectivity index (χ1) is 14.1. The Morgan fingerprint density at radius 2 is 1.70 bits per heavy atom. The number of aryl methyl sites for hydroxylation is 2. The SMILES string of the molecule is Cc1ccc(C(C)NC(=O)c2cc(S(=O)(=O)N3CCN(C)CC3)ccc2Cl)cc1C. The van der Waals surface area contributed by atoms with Gasteiger partial charge in [0.2, 0.25) is 10.0 Å². The molecular weight excluding hydrogens is 422 g/mol. The summed E-state index contributed by atoms with van der Waals surface area (Å²) < 4.78 is 27.5. The second kappa shape index (κ2) is 9.06. The van der Waals surface area contributed by atoms with Gasteiger partial charge in [-0.25, -0.2) is 8.42 Å². The topological polar surface area (TPSA) is 69.7 Å². The monoisotopic (exact) mass is 449 g/mol. The molecule has 6 nitrogen and oxygen atoms in total. The summed E-state index contributed by atoms with van der Waals surface area (Å²) in [4.78, 5) is 15.1. The van der Waals surface area contributed by atoms with Crippen molar-refractivity contribution in [2.24, 2.45) is 0 Å². The van der Waals surface area contributed by atoms with Crippen LogP contribution in [0.25, 0.3) is 0 Å². The largest absolute Gasteiger partial charge is 0.345 e. The fraction of sp³-hybridized carbons (Fsp3) is 0.409. The maximum Gasteiger partial charge on any atom is 0.253 e. The highest BCUT2D eigenvalue weighted by Crippen LogP contribution is 2.25. The number of sulfonamides is 1. The average molecular weight is 450 g/mol. The van der Waals surface area contributed by atoms with E-state index in [0.717, 1.165) is 11.1 Å². The molecule has 1 unspecified atom stereocenters. The van der Waals surface area contributed by atoms with Crippen molar-refractivity contribution in [3.8, 4) is 0 Å². The number of rotatable bonds is 5. The molecule has 1 aliphatic rings. The molecule has 0 radical (unpaired) electrons. The van der Waals surface area contributed by atoms with Crippen molar-refractivity contribution in [3.63, 3.8) is 0 Å². The van der Waals surface area contributed by atoms with Gasteiger partial charge in [0, 0.05) is 26.2 Å². The van der Waals surface area contributed by atoms with Gasteiger partial charge >= 0.3 is 0 Å². The van der Waals surface area contributed by atoms with Crippen LogP contribution in [0.1, 0.15) is 40.0 Å². The maximum atomic E-state index is 13.0. The molecule has 2 aromatic carbocycles. The summed E-state index contributed by atoms with van der Waals surface area (Å²) in [7, 11) is -1.72. The van der Waals surface area contributed by atoms with Gasteiger partial charge < -0.3 is 10.2 Å². The fourth-order valence-electron chi connectivity index (χ4n) is 3.41. The zero-order chi connectivity index (χ0) is 22.1. The minimum Gasteiger partial charge on any atom is -0.345 e. The summed E-state index contributed by atoms with van der Waals surface area (Å²) in [5.74, 6) is -0.402. The van der Waals surface area contributed by atoms with E-state index in [0.29, 0.717) is 26.2 Å². The van der Waals surface area contributed by atoms with E-state index < -0.39 is 15.9 Å². The van der Waals surface area contributed by atoms with Gasteiger partial charge in [-0.2, -0.15) is 4.31 Å². The minimum atomic E-state index is -3.68. The van der Waals surface area contributed by atoms with Gasteiger partial charge in [0.25, 0.3) is 5.91 Å². The van der Waals surface area contributed by atoms with E-state index in [4.69, 9.17) is 11.6 Å². The van der Waals surface area contributed by atoms with Crippen molar-refractivity contribution in [2.45, 2.75) is 31.7 Å². The van der Waals surface area contributed by atoms with Crippen LogP contribution in [0.5, 0.6) is 0 Å². The van der Waals surface area contributed by atoms with Gasteiger partial charge in [0.05, 0.1) is 21.5 Å². The van der Waals surface area contributed by atoms with Crippen LogP contribution in [0.3, 0.4) is 0 Å². The van der Waals surface area contributed by atoms with E-state index in [1.165, 1.54) is 28.1 Å². The van der Waals surface area contributed by atoms with Crippen LogP contribution in [0.15, 0.2) is 41.3 Å². The van der Waals surface area contributed by atoms with Gasteiger partial charge in [-0.15, -0.1) is 0 Å². The molecule has 0 bridgehead atoms. The second-order valence-electron chi connectivity index (χ2n) is 7.89. The van der Waals surface area contributed by atoms with Crippen molar-refractivity contribution in [2.75, 3.05) is 33.2 Å². The molecule has 3 rings (SSSR count). The fourth-order valence-corrected chi connectivity index (χ4v) is 5.06. The molecule has 1 fully saturated rings. The van der Waals surface area contributed by atoms with Gasteiger partial charge in [0.15, 0.2) is 0 Å². The number of halogens is 1. The Hall–Kier alpha value is -1.93. The summed E-state index contributed by atoms with van der Waals surface area (Å²) in [5, 5.41) is 3.15. The van der Waals surface area contributed by atoms with Crippen LogP contribution in [0.4, 0.5) is 0 Å². The molecule has 1 N–H and O–H groups in total. The predicted octanol–water partition coefficient (Wildman–Crippen LogP) is 3.38. The van der Waals surface area contributed by atoms with E-state index in [2.05, 4.69) is 10.2 Å². The Kier molecular flexibility index (Phi) is 6.87. The predicted molar refractivity (Wildman–Crippen MR) is 120 cm³/mol. The zero-order valence-corrected chi connectivity index (χ0v) is 19.3. The molecule has 2 aromatic rings. The molecule has 0 aromatic heterocycles. The number of amides is 1. The van der Waals surface area contributed by atoms with Crippen LogP contribution >= 0.6 is 11.6 Å². The molecule has 1 atom stereocenters. The number of benzene rings is 2. The van der Waals surface area contributed by atoms with E-state index in [9.17, 15) is 13.2 Å². The summed E-state index contributed by atoms with van der Waals surface area (Å²) in [6.07, 6.45) is 0. The number of likely N-dealkylation sites (N-methyl/N-ethyl adjacent to an activating group) is 1. The third-order valence-electron chi connectivity index (χ3n) is 5.66. The highest BCUT2D eigenvalue weighted by molar-refractivity contribution is 7.89. The molecule has 30 heavy (non-hydrogen) atoms. The maximum absolute atomic E-state index is 13.0. The second-order valence-corrected chi connectivity index (χ2v) is 10.2. The number of hydrogen-bond donors (Lipinski definition) is 1. The minimum absolute atomic E-state index is 0.0837. The summed E-state index contributed by atoms with van der Waals surface area (Å²) in [5.41, 5.74) is 3.46. The van der Waals surface area contributed by atoms with E-state index in [1.807, 2.05) is 46.0 Å². The Bertz CT molecular complexity index is 1050. The summed E-state index contributed by atoms with van der Waals surface area (Å²) in [6.45, 7) is 8.15. The number of nitrogens with zero attached hydrogens (tertiary/aromatic N) is 2. The first-order valence-corrected chi connectivity index (χ1v) is 11.8. The number of carbonyl (C=O) groups is 1. The van der Waals surface area contributed by atoms with Gasteiger partial charge in [-0.05, 0) is 62.7 Å². The van der Waals surface area contributed by atoms with Crippen molar-refractivity contribution in [1.82, 2.24) is 14.5 Å². The highest BCUT2D eigenvalue weighted by Gasteiger charge is 2.28. The number of carbonyl (C=O) groups excluding carboxylic acids is 1. The smallest absolute Gasteiger partial charge is 0.253 e. The Morgan fingerprint density at radius 1 is 1.03 bits per heavy atom. The first-order valence-electron chi connectivity index (χ1n) is 9.96. The lowest BCUT2D eigenvalue weighted by molar-refractivity contribution is 0.0940. The first kappa shape index (κ1) is 22.7. The molecule has 0 spiro atoms. The van der Waals surface area contributed by atoms with Crippen LogP contribution in [-0.4, -0.2) is 56.8 Å². The van der Waals surface area contributed by atoms with E-state index in [1.54, 1.807) is 0 Å². The Labute approximate surface area is 183 Å². The van der Waals surface area contributed by atoms with Crippen LogP contribution in [-0.2, 0) is 10.0 Å². The normalized spacial score (nSPS) is 17.0. The lowest BCUT2D eigenvalue weighted by Crippen LogP contribution is -2.47. The van der Waals surface area contributed by atoms with Crippen LogP contribution in [0.2, 0.25) is 5.02 Å². The zero-order valence-electron chi connectivity index (χ0n) is 17.8. The average Bonchev–Trinajstić information content (AvgIpc) is 2.70. The van der Waals surface area contributed by atoms with Crippen molar-refractivity contribution in [3.05, 3.63) is 63.7 Å². The molecular formula is C22H28ClN3O3S. The molecule has 8 heteroatoms. The number of nitrogens with one attached hydrogen (secondary N) is 1. The van der Waals surface area contributed by atoms with Gasteiger partial charge in [-0.3, -0.25) is 4.79 Å². The highest BCUT2D eigenvalue weighted by atomic mass is 35.5. The van der Waals surface area contributed by atoms with Crippen molar-refractivity contribution in [1.29, 1.82) is 0 Å². The molecule has 1 amide bonds. The lowest BCUT2D eigenvalue weighted by Gasteiger charge is -2.31. The third-order valence-corrected chi connectivity index (χ3v) is 7.89. The Morgan fingerprint density at radius 3 is 2.33 bits per heavy atom. The van der Waals surface area contributed by atoms with Gasteiger partial charge in [0.1, 0.15) is 0 Å². The Balaban J connectivity index is 1.82. The van der Waals surface area contributed by atoms with Crippen molar-refractivity contribution < 1.29 is 13.2 Å². The number of piperazine rings is 1. The standard InChI is InChI=1S/C22H28ClN3O3S/c1-15-5-6-18(13-16(15)2)17(3)24-22(27)20-14-19(7-8-21(20)23)30(28,29)26-11-9-25(4)10-12-26/h5-8,13-14,17H,9-12H2,1-4H3,(H,24,27). The molecule has 1 aliphatic heterocycles. The van der Waals surface area contributed by atoms with Crippen LogP contribution < -0.4 is 5.32 Å². The third kappa shape index (κ3) is 4.86. The lowest BCUT2D eigenvalue weighted by atomic mass is 10.0. The molecule has 1 saturated heterocycles.